The summed E-state index contributed by atoms with van der Waals surface area (Å²) < 4.78 is 46.5. The van der Waals surface area contributed by atoms with Gasteiger partial charge in [-0.2, -0.15) is 8.42 Å². The van der Waals surface area contributed by atoms with Crippen LogP contribution in [0.2, 0.25) is 0 Å². The quantitative estimate of drug-likeness (QED) is 0.190. The molecule has 0 saturated heterocycles. The van der Waals surface area contributed by atoms with E-state index in [1.807, 2.05) is 0 Å². The van der Waals surface area contributed by atoms with Crippen LogP contribution < -0.4 is 0 Å². The van der Waals surface area contributed by atoms with Crippen molar-refractivity contribution in [2.45, 2.75) is 110 Å². The van der Waals surface area contributed by atoms with Gasteiger partial charge in [0.1, 0.15) is 0 Å². The van der Waals surface area contributed by atoms with Crippen LogP contribution in [0, 0.1) is 0 Å². The first-order valence-corrected chi connectivity index (χ1v) is 14.8. The third-order valence-corrected chi connectivity index (χ3v) is 8.58. The summed E-state index contributed by atoms with van der Waals surface area (Å²) in [6.45, 7) is 2.43. The van der Waals surface area contributed by atoms with Crippen LogP contribution in [0.3, 0.4) is 0 Å². The highest BCUT2D eigenvalue weighted by atomic mass is 32.8. The lowest BCUT2D eigenvalue weighted by molar-refractivity contribution is 0.331. The standard InChI is InChI=1S/C19H40O5S3/c1-2-3-4-5-6-7-8-9-10-11-12-13-14-15-16-17-18-24-27(23,25)19-26(20,21)22/h2-19H2,1H3,(H,20,21,22). The minimum Gasteiger partial charge on any atom is -0.289 e. The minimum atomic E-state index is -4.36. The van der Waals surface area contributed by atoms with Crippen molar-refractivity contribution in [2.75, 3.05) is 11.7 Å². The molecule has 0 spiro atoms. The Labute approximate surface area is 172 Å². The average molecular weight is 445 g/mol. The molecule has 0 rings (SSSR count). The van der Waals surface area contributed by atoms with Crippen LogP contribution in [0.15, 0.2) is 0 Å². The van der Waals surface area contributed by atoms with Crippen molar-refractivity contribution in [3.63, 3.8) is 0 Å². The molecule has 0 aromatic heterocycles. The van der Waals surface area contributed by atoms with Gasteiger partial charge in [-0.15, -0.1) is 0 Å². The van der Waals surface area contributed by atoms with E-state index in [9.17, 15) is 12.6 Å². The predicted molar refractivity (Wildman–Crippen MR) is 117 cm³/mol. The van der Waals surface area contributed by atoms with Gasteiger partial charge in [-0.1, -0.05) is 103 Å². The molecule has 0 bridgehead atoms. The number of hydrogen-bond acceptors (Lipinski definition) is 5. The molecule has 1 unspecified atom stereocenters. The summed E-state index contributed by atoms with van der Waals surface area (Å²) in [7, 11) is -7.72. The Hall–Kier alpha value is 0.240. The maximum atomic E-state index is 11.6. The van der Waals surface area contributed by atoms with E-state index in [-0.39, 0.29) is 6.61 Å². The van der Waals surface area contributed by atoms with Gasteiger partial charge >= 0.3 is 0 Å². The van der Waals surface area contributed by atoms with E-state index < -0.39 is 24.0 Å². The zero-order valence-corrected chi connectivity index (χ0v) is 19.5. The molecular formula is C19H40O5S3. The fourth-order valence-electron chi connectivity index (χ4n) is 3.05. The van der Waals surface area contributed by atoms with Crippen molar-refractivity contribution in [2.24, 2.45) is 0 Å². The Morgan fingerprint density at radius 3 is 1.33 bits per heavy atom. The van der Waals surface area contributed by atoms with E-state index in [2.05, 4.69) is 18.1 Å². The Bertz CT molecular complexity index is 530. The van der Waals surface area contributed by atoms with Crippen molar-refractivity contribution in [3.05, 3.63) is 0 Å². The summed E-state index contributed by atoms with van der Waals surface area (Å²) in [6, 6.07) is 0. The largest absolute Gasteiger partial charge is 0.289 e. The monoisotopic (exact) mass is 444 g/mol. The van der Waals surface area contributed by atoms with Gasteiger partial charge in [-0.05, 0) is 6.42 Å². The first-order chi connectivity index (χ1) is 12.8. The Kier molecular flexibility index (Phi) is 17.3. The Morgan fingerprint density at radius 2 is 1.00 bits per heavy atom. The topological polar surface area (TPSA) is 80.7 Å². The SMILES string of the molecule is CCCCCCCCCCCCCCCCCCOS(=O)(=S)CS(=O)(=O)O. The van der Waals surface area contributed by atoms with Crippen LogP contribution in [0.4, 0.5) is 0 Å². The normalized spacial score (nSPS) is 14.3. The van der Waals surface area contributed by atoms with E-state index in [4.69, 9.17) is 8.74 Å². The second-order valence-corrected chi connectivity index (χ2v) is 12.4. The lowest BCUT2D eigenvalue weighted by atomic mass is 10.0. The van der Waals surface area contributed by atoms with Gasteiger partial charge in [-0.3, -0.25) is 8.74 Å². The fourth-order valence-corrected chi connectivity index (χ4v) is 6.45. The highest BCUT2D eigenvalue weighted by molar-refractivity contribution is 8.33. The summed E-state index contributed by atoms with van der Waals surface area (Å²) in [5, 5.41) is -1.01. The summed E-state index contributed by atoms with van der Waals surface area (Å²) >= 11 is 4.57. The molecule has 1 atom stereocenters. The molecule has 0 radical (unpaired) electrons. The zero-order valence-electron chi connectivity index (χ0n) is 17.0. The van der Waals surface area contributed by atoms with Crippen LogP contribution >= 0.6 is 0 Å². The molecule has 0 aliphatic carbocycles. The van der Waals surface area contributed by atoms with Crippen molar-refractivity contribution >= 4 is 30.1 Å². The summed E-state index contributed by atoms with van der Waals surface area (Å²) in [5.74, 6) is 0. The highest BCUT2D eigenvalue weighted by Crippen LogP contribution is 2.14. The first-order valence-electron chi connectivity index (χ1n) is 10.6. The molecule has 5 nitrogen and oxygen atoms in total. The van der Waals surface area contributed by atoms with Crippen molar-refractivity contribution in [1.82, 2.24) is 0 Å². The molecule has 8 heteroatoms. The molecule has 0 saturated carbocycles. The van der Waals surface area contributed by atoms with Gasteiger partial charge in [0.2, 0.25) is 0 Å². The van der Waals surface area contributed by atoms with Gasteiger partial charge in [0.25, 0.3) is 10.1 Å². The van der Waals surface area contributed by atoms with Crippen LogP contribution in [0.1, 0.15) is 110 Å². The molecular weight excluding hydrogens is 404 g/mol. The molecule has 0 aliphatic rings. The fraction of sp³-hybridized carbons (Fsp3) is 1.00. The van der Waals surface area contributed by atoms with Crippen LogP contribution in [-0.4, -0.2) is 28.9 Å². The molecule has 1 N–H and O–H groups in total. The smallest absolute Gasteiger partial charge is 0.279 e. The molecule has 0 aliphatic heterocycles. The van der Waals surface area contributed by atoms with Gasteiger partial charge in [0.05, 0.1) is 6.61 Å². The number of rotatable bonds is 20. The summed E-state index contributed by atoms with van der Waals surface area (Å²) in [4.78, 5) is 0. The van der Waals surface area contributed by atoms with Gasteiger partial charge in [0.15, 0.2) is 13.9 Å². The minimum absolute atomic E-state index is 0.177. The average Bonchev–Trinajstić information content (AvgIpc) is 2.55. The second-order valence-electron chi connectivity index (χ2n) is 7.38. The number of unbranched alkanes of at least 4 members (excludes halogenated alkanes) is 15. The summed E-state index contributed by atoms with van der Waals surface area (Å²) in [5.41, 5.74) is 0. The van der Waals surface area contributed by atoms with Gasteiger partial charge in [-0.25, -0.2) is 4.21 Å². The second kappa shape index (κ2) is 17.1. The van der Waals surface area contributed by atoms with Gasteiger partial charge < -0.3 is 0 Å². The molecule has 0 aromatic carbocycles. The van der Waals surface area contributed by atoms with E-state index in [0.29, 0.717) is 6.42 Å². The van der Waals surface area contributed by atoms with E-state index in [0.717, 1.165) is 12.8 Å². The van der Waals surface area contributed by atoms with Gasteiger partial charge in [0, 0.05) is 11.2 Å². The van der Waals surface area contributed by atoms with E-state index >= 15 is 0 Å². The maximum Gasteiger partial charge on any atom is 0.279 e. The zero-order chi connectivity index (χ0) is 20.4. The van der Waals surface area contributed by atoms with Crippen molar-refractivity contribution in [3.8, 4) is 0 Å². The predicted octanol–water partition coefficient (Wildman–Crippen LogP) is 5.77. The first kappa shape index (κ1) is 27.2. The number of hydrogen-bond donors (Lipinski definition) is 1. The van der Waals surface area contributed by atoms with Crippen molar-refractivity contribution < 1.29 is 21.4 Å². The molecule has 0 heterocycles. The third kappa shape index (κ3) is 22.4. The highest BCUT2D eigenvalue weighted by Gasteiger charge is 2.16. The van der Waals surface area contributed by atoms with Crippen LogP contribution in [0.5, 0.6) is 0 Å². The van der Waals surface area contributed by atoms with E-state index in [1.54, 1.807) is 0 Å². The molecule has 0 fully saturated rings. The van der Waals surface area contributed by atoms with Crippen LogP contribution in [-0.2, 0) is 34.3 Å². The lowest BCUT2D eigenvalue weighted by Gasteiger charge is -2.06. The third-order valence-electron chi connectivity index (χ3n) is 4.55. The molecule has 0 aromatic rings. The Morgan fingerprint density at radius 1 is 0.667 bits per heavy atom. The molecule has 27 heavy (non-hydrogen) atoms. The molecule has 164 valence electrons. The maximum absolute atomic E-state index is 11.6. The van der Waals surface area contributed by atoms with Crippen LogP contribution in [0.25, 0.3) is 0 Å². The lowest BCUT2D eigenvalue weighted by Crippen LogP contribution is -2.17. The van der Waals surface area contributed by atoms with Crippen molar-refractivity contribution in [1.29, 1.82) is 0 Å². The summed E-state index contributed by atoms with van der Waals surface area (Å²) in [6.07, 6.45) is 20.2. The molecule has 0 amide bonds. The van der Waals surface area contributed by atoms with E-state index in [1.165, 1.54) is 83.5 Å². The Balaban J connectivity index is 3.28.